The Bertz CT molecular complexity index is 436. The molecule has 0 radical (unpaired) electrons. The van der Waals surface area contributed by atoms with Crippen molar-refractivity contribution in [3.8, 4) is 6.07 Å². The zero-order valence-corrected chi connectivity index (χ0v) is 9.31. The van der Waals surface area contributed by atoms with Gasteiger partial charge in [0.25, 0.3) is 0 Å². The molecule has 0 aliphatic carbocycles. The van der Waals surface area contributed by atoms with Crippen LogP contribution in [0.25, 0.3) is 0 Å². The largest absolute Gasteiger partial charge is 0.314 e. The maximum atomic E-state index is 13.3. The van der Waals surface area contributed by atoms with Crippen molar-refractivity contribution in [2.45, 2.75) is 6.04 Å². The number of nitriles is 1. The highest BCUT2D eigenvalue weighted by Crippen LogP contribution is 2.28. The topological polar surface area (TPSA) is 47.9 Å². The molecule has 1 aliphatic heterocycles. The highest BCUT2D eigenvalue weighted by Gasteiger charge is 2.20. The fourth-order valence-corrected chi connectivity index (χ4v) is 2.14. The molecule has 2 rings (SSSR count). The van der Waals surface area contributed by atoms with Gasteiger partial charge in [0.15, 0.2) is 0 Å². The number of halogens is 2. The first kappa shape index (κ1) is 11.3. The maximum Gasteiger partial charge on any atom is 0.142 e. The Morgan fingerprint density at radius 2 is 2.25 bits per heavy atom. The van der Waals surface area contributed by atoms with Gasteiger partial charge in [0.1, 0.15) is 17.4 Å². The third-order valence-corrected chi connectivity index (χ3v) is 3.06. The number of nitrogens with one attached hydrogen (secondary N) is 2. The van der Waals surface area contributed by atoms with Gasteiger partial charge in [-0.05, 0) is 11.6 Å². The standard InChI is InChI=1S/C11H11ClFN3/c12-11-7(10-6-15-3-4-16-10)1-2-9(13)8(11)5-14/h1-2,10,15-16H,3-4,6H2/t10-/m0/s1. The summed E-state index contributed by atoms with van der Waals surface area (Å²) in [4.78, 5) is 0. The number of piperazine rings is 1. The Hall–Kier alpha value is -1.15. The summed E-state index contributed by atoms with van der Waals surface area (Å²) in [5.41, 5.74) is 0.693. The highest BCUT2D eigenvalue weighted by atomic mass is 35.5. The smallest absolute Gasteiger partial charge is 0.142 e. The molecule has 0 amide bonds. The average molecular weight is 240 g/mol. The van der Waals surface area contributed by atoms with Crippen LogP contribution in [0.4, 0.5) is 4.39 Å². The monoisotopic (exact) mass is 239 g/mol. The number of hydrogen-bond acceptors (Lipinski definition) is 3. The van der Waals surface area contributed by atoms with E-state index in [1.54, 1.807) is 12.1 Å². The Kier molecular flexibility index (Phi) is 3.39. The van der Waals surface area contributed by atoms with Gasteiger partial charge in [-0.2, -0.15) is 5.26 Å². The molecule has 84 valence electrons. The summed E-state index contributed by atoms with van der Waals surface area (Å²) in [5, 5.41) is 15.5. The van der Waals surface area contributed by atoms with Gasteiger partial charge in [0, 0.05) is 25.7 Å². The fourth-order valence-electron chi connectivity index (χ4n) is 1.81. The van der Waals surface area contributed by atoms with Crippen molar-refractivity contribution in [1.82, 2.24) is 10.6 Å². The quantitative estimate of drug-likeness (QED) is 0.782. The molecule has 0 bridgehead atoms. The first-order valence-electron chi connectivity index (χ1n) is 5.06. The van der Waals surface area contributed by atoms with Gasteiger partial charge in [-0.3, -0.25) is 0 Å². The predicted octanol–water partition coefficient (Wildman–Crippen LogP) is 1.58. The minimum atomic E-state index is -0.569. The van der Waals surface area contributed by atoms with Crippen molar-refractivity contribution in [2.75, 3.05) is 19.6 Å². The molecule has 0 spiro atoms. The lowest BCUT2D eigenvalue weighted by Crippen LogP contribution is -2.42. The molecule has 0 unspecified atom stereocenters. The Morgan fingerprint density at radius 3 is 2.88 bits per heavy atom. The average Bonchev–Trinajstić information content (AvgIpc) is 2.31. The van der Waals surface area contributed by atoms with E-state index in [0.717, 1.165) is 25.2 Å². The molecule has 1 aromatic rings. The molecule has 5 heteroatoms. The molecule has 2 N–H and O–H groups in total. The SMILES string of the molecule is N#Cc1c(F)ccc([C@@H]2CNCCN2)c1Cl. The van der Waals surface area contributed by atoms with E-state index in [1.807, 2.05) is 0 Å². The fraction of sp³-hybridized carbons (Fsp3) is 0.364. The van der Waals surface area contributed by atoms with Crippen LogP contribution < -0.4 is 10.6 Å². The molecule has 1 saturated heterocycles. The second-order valence-electron chi connectivity index (χ2n) is 3.65. The van der Waals surface area contributed by atoms with E-state index in [9.17, 15) is 4.39 Å². The number of benzene rings is 1. The number of rotatable bonds is 1. The van der Waals surface area contributed by atoms with Crippen molar-refractivity contribution >= 4 is 11.6 Å². The Morgan fingerprint density at radius 1 is 1.44 bits per heavy atom. The molecule has 0 aromatic heterocycles. The molecular weight excluding hydrogens is 229 g/mol. The lowest BCUT2D eigenvalue weighted by atomic mass is 10.0. The number of nitrogens with zero attached hydrogens (tertiary/aromatic N) is 1. The summed E-state index contributed by atoms with van der Waals surface area (Å²) in [6.45, 7) is 2.47. The molecule has 3 nitrogen and oxygen atoms in total. The van der Waals surface area contributed by atoms with Crippen LogP contribution in [0.15, 0.2) is 12.1 Å². The third kappa shape index (κ3) is 2.03. The van der Waals surface area contributed by atoms with Crippen LogP contribution in [-0.2, 0) is 0 Å². The molecule has 0 saturated carbocycles. The molecular formula is C11H11ClFN3. The Balaban J connectivity index is 2.38. The predicted molar refractivity (Wildman–Crippen MR) is 59.7 cm³/mol. The zero-order valence-electron chi connectivity index (χ0n) is 8.56. The first-order valence-corrected chi connectivity index (χ1v) is 5.44. The van der Waals surface area contributed by atoms with E-state index < -0.39 is 5.82 Å². The molecule has 1 aliphatic rings. The van der Waals surface area contributed by atoms with Crippen LogP contribution in [0.1, 0.15) is 17.2 Å². The van der Waals surface area contributed by atoms with E-state index in [0.29, 0.717) is 0 Å². The second kappa shape index (κ2) is 4.79. The summed E-state index contributed by atoms with van der Waals surface area (Å²) in [7, 11) is 0. The number of hydrogen-bond donors (Lipinski definition) is 2. The van der Waals surface area contributed by atoms with E-state index >= 15 is 0 Å². The van der Waals surface area contributed by atoms with Gasteiger partial charge in [0.05, 0.1) is 5.02 Å². The van der Waals surface area contributed by atoms with Gasteiger partial charge in [-0.1, -0.05) is 17.7 Å². The van der Waals surface area contributed by atoms with Crippen LogP contribution in [0.2, 0.25) is 5.02 Å². The molecule has 1 aromatic carbocycles. The van der Waals surface area contributed by atoms with E-state index in [-0.39, 0.29) is 16.6 Å². The van der Waals surface area contributed by atoms with Crippen molar-refractivity contribution < 1.29 is 4.39 Å². The van der Waals surface area contributed by atoms with Gasteiger partial charge >= 0.3 is 0 Å². The van der Waals surface area contributed by atoms with E-state index in [4.69, 9.17) is 16.9 Å². The first-order chi connectivity index (χ1) is 7.74. The summed E-state index contributed by atoms with van der Waals surface area (Å²) < 4.78 is 13.3. The maximum absolute atomic E-state index is 13.3. The zero-order chi connectivity index (χ0) is 11.5. The van der Waals surface area contributed by atoms with E-state index in [2.05, 4.69) is 10.6 Å². The molecule has 16 heavy (non-hydrogen) atoms. The molecule has 1 heterocycles. The van der Waals surface area contributed by atoms with Crippen molar-refractivity contribution in [1.29, 1.82) is 5.26 Å². The summed E-state index contributed by atoms with van der Waals surface area (Å²) in [5.74, 6) is -0.569. The van der Waals surface area contributed by atoms with Gasteiger partial charge < -0.3 is 10.6 Å². The molecule has 1 fully saturated rings. The van der Waals surface area contributed by atoms with Crippen LogP contribution in [0, 0.1) is 17.1 Å². The van der Waals surface area contributed by atoms with Gasteiger partial charge in [-0.15, -0.1) is 0 Å². The molecule has 1 atom stereocenters. The Labute approximate surface area is 98.2 Å². The normalized spacial score (nSPS) is 20.4. The highest BCUT2D eigenvalue weighted by molar-refractivity contribution is 6.32. The van der Waals surface area contributed by atoms with Crippen molar-refractivity contribution in [3.05, 3.63) is 34.1 Å². The summed E-state index contributed by atoms with van der Waals surface area (Å²) in [6, 6.07) is 4.74. The summed E-state index contributed by atoms with van der Waals surface area (Å²) >= 11 is 6.02. The summed E-state index contributed by atoms with van der Waals surface area (Å²) in [6.07, 6.45) is 0. The second-order valence-corrected chi connectivity index (χ2v) is 4.03. The minimum Gasteiger partial charge on any atom is -0.314 e. The minimum absolute atomic E-state index is 0.0361. The third-order valence-electron chi connectivity index (χ3n) is 2.65. The van der Waals surface area contributed by atoms with Crippen LogP contribution in [-0.4, -0.2) is 19.6 Å². The van der Waals surface area contributed by atoms with Crippen molar-refractivity contribution in [2.24, 2.45) is 0 Å². The van der Waals surface area contributed by atoms with Crippen molar-refractivity contribution in [3.63, 3.8) is 0 Å². The van der Waals surface area contributed by atoms with Crippen LogP contribution in [0.5, 0.6) is 0 Å². The lowest BCUT2D eigenvalue weighted by molar-refractivity contribution is 0.430. The van der Waals surface area contributed by atoms with Gasteiger partial charge in [-0.25, -0.2) is 4.39 Å². The van der Waals surface area contributed by atoms with Gasteiger partial charge in [0.2, 0.25) is 0 Å². The van der Waals surface area contributed by atoms with Crippen LogP contribution in [0.3, 0.4) is 0 Å². The van der Waals surface area contributed by atoms with Crippen LogP contribution >= 0.6 is 11.6 Å². The lowest BCUT2D eigenvalue weighted by Gasteiger charge is -2.25. The van der Waals surface area contributed by atoms with E-state index in [1.165, 1.54) is 6.07 Å².